The van der Waals surface area contributed by atoms with Crippen molar-refractivity contribution < 1.29 is 9.18 Å². The molecule has 21 heavy (non-hydrogen) atoms. The van der Waals surface area contributed by atoms with E-state index in [2.05, 4.69) is 15.9 Å². The number of anilines is 1. The van der Waals surface area contributed by atoms with Crippen LogP contribution in [0, 0.1) is 5.82 Å². The van der Waals surface area contributed by atoms with Gasteiger partial charge in [-0.1, -0.05) is 45.7 Å². The fraction of sp³-hybridized carbons (Fsp3) is 0.133. The van der Waals surface area contributed by atoms with Crippen molar-refractivity contribution in [1.29, 1.82) is 0 Å². The Morgan fingerprint density at radius 1 is 1.29 bits per heavy atom. The molecule has 6 heteroatoms. The maximum atomic E-state index is 13.2. The average Bonchev–Trinajstić information content (AvgIpc) is 2.81. The summed E-state index contributed by atoms with van der Waals surface area (Å²) >= 11 is 11.2. The Hall–Kier alpha value is -1.04. The zero-order valence-electron chi connectivity index (χ0n) is 10.7. The second-order valence-electron chi connectivity index (χ2n) is 4.54. The number of amides is 1. The Kier molecular flexibility index (Phi) is 4.24. The molecular formula is C15H10BrClFNOS. The van der Waals surface area contributed by atoms with Crippen LogP contribution in [0.4, 0.5) is 10.1 Å². The molecule has 0 bridgehead atoms. The Bertz CT molecular complexity index is 712. The van der Waals surface area contributed by atoms with Crippen molar-refractivity contribution in [3.63, 3.8) is 0 Å². The topological polar surface area (TPSA) is 20.3 Å². The number of rotatable bonds is 2. The number of carbonyl (C=O) groups excluding carboxylic acids is 1. The molecule has 3 rings (SSSR count). The van der Waals surface area contributed by atoms with Gasteiger partial charge in [-0.05, 0) is 29.8 Å². The molecule has 2 nitrogen and oxygen atoms in total. The fourth-order valence-corrected chi connectivity index (χ4v) is 4.38. The molecule has 0 spiro atoms. The highest BCUT2D eigenvalue weighted by Gasteiger charge is 2.36. The summed E-state index contributed by atoms with van der Waals surface area (Å²) in [5.74, 6) is -0.0746. The minimum absolute atomic E-state index is 0.0331. The summed E-state index contributed by atoms with van der Waals surface area (Å²) < 4.78 is 14.1. The Balaban J connectivity index is 2.06. The van der Waals surface area contributed by atoms with Gasteiger partial charge >= 0.3 is 0 Å². The number of benzene rings is 2. The summed E-state index contributed by atoms with van der Waals surface area (Å²) in [6.45, 7) is 0. The van der Waals surface area contributed by atoms with E-state index in [1.165, 1.54) is 23.9 Å². The summed E-state index contributed by atoms with van der Waals surface area (Å²) in [7, 11) is 0. The maximum Gasteiger partial charge on any atom is 0.238 e. The van der Waals surface area contributed by atoms with Crippen LogP contribution in [0.1, 0.15) is 10.9 Å². The highest BCUT2D eigenvalue weighted by atomic mass is 79.9. The molecule has 108 valence electrons. The Morgan fingerprint density at radius 3 is 2.76 bits per heavy atom. The maximum absolute atomic E-state index is 13.2. The van der Waals surface area contributed by atoms with E-state index in [1.807, 2.05) is 24.3 Å². The van der Waals surface area contributed by atoms with Crippen LogP contribution in [0.5, 0.6) is 0 Å². The van der Waals surface area contributed by atoms with Gasteiger partial charge in [0.2, 0.25) is 5.91 Å². The first-order valence-corrected chi connectivity index (χ1v) is 8.43. The van der Waals surface area contributed by atoms with Crippen LogP contribution in [-0.4, -0.2) is 11.7 Å². The summed E-state index contributed by atoms with van der Waals surface area (Å²) in [4.78, 5) is 13.9. The quantitative estimate of drug-likeness (QED) is 0.722. The van der Waals surface area contributed by atoms with Crippen LogP contribution < -0.4 is 4.90 Å². The van der Waals surface area contributed by atoms with Crippen molar-refractivity contribution in [2.24, 2.45) is 0 Å². The van der Waals surface area contributed by atoms with E-state index in [1.54, 1.807) is 11.0 Å². The molecule has 2 aromatic rings. The molecule has 2 aromatic carbocycles. The van der Waals surface area contributed by atoms with Gasteiger partial charge in [-0.3, -0.25) is 9.69 Å². The van der Waals surface area contributed by atoms with E-state index in [9.17, 15) is 9.18 Å². The van der Waals surface area contributed by atoms with Crippen molar-refractivity contribution in [3.8, 4) is 0 Å². The number of halogens is 3. The second kappa shape index (κ2) is 5.99. The van der Waals surface area contributed by atoms with E-state index in [0.29, 0.717) is 11.4 Å². The van der Waals surface area contributed by atoms with Crippen LogP contribution in [0.2, 0.25) is 5.02 Å². The van der Waals surface area contributed by atoms with Crippen LogP contribution in [-0.2, 0) is 4.79 Å². The van der Waals surface area contributed by atoms with Gasteiger partial charge in [0.25, 0.3) is 0 Å². The predicted octanol–water partition coefficient (Wildman–Crippen LogP) is 5.02. The fourth-order valence-electron chi connectivity index (χ4n) is 2.27. The monoisotopic (exact) mass is 385 g/mol. The third kappa shape index (κ3) is 2.82. The SMILES string of the molecule is O=C1CS[C@H](c2ccccc2Br)N1c1ccc(F)cc1Cl. The molecule has 0 aromatic heterocycles. The van der Waals surface area contributed by atoms with Crippen LogP contribution in [0.3, 0.4) is 0 Å². The molecule has 0 saturated carbocycles. The molecule has 1 aliphatic rings. The normalized spacial score (nSPS) is 18.3. The largest absolute Gasteiger partial charge is 0.294 e. The number of thioether (sulfide) groups is 1. The van der Waals surface area contributed by atoms with Crippen molar-refractivity contribution in [2.45, 2.75) is 5.37 Å². The molecular weight excluding hydrogens is 377 g/mol. The highest BCUT2D eigenvalue weighted by Crippen LogP contribution is 2.45. The smallest absolute Gasteiger partial charge is 0.238 e. The van der Waals surface area contributed by atoms with Gasteiger partial charge in [-0.25, -0.2) is 4.39 Å². The minimum Gasteiger partial charge on any atom is -0.294 e. The number of hydrogen-bond donors (Lipinski definition) is 0. The van der Waals surface area contributed by atoms with Gasteiger partial charge in [-0.15, -0.1) is 11.8 Å². The zero-order chi connectivity index (χ0) is 15.0. The van der Waals surface area contributed by atoms with Crippen molar-refractivity contribution >= 4 is 50.9 Å². The lowest BCUT2D eigenvalue weighted by atomic mass is 10.2. The van der Waals surface area contributed by atoms with Crippen LogP contribution in [0.15, 0.2) is 46.9 Å². The van der Waals surface area contributed by atoms with E-state index in [-0.39, 0.29) is 16.3 Å². The molecule has 0 unspecified atom stereocenters. The second-order valence-corrected chi connectivity index (χ2v) is 6.87. The standard InChI is InChI=1S/C15H10BrClFNOS/c16-11-4-2-1-3-10(11)15-19(14(20)8-21-15)13-6-5-9(18)7-12(13)17/h1-7,15H,8H2/t15-/m1/s1. The van der Waals surface area contributed by atoms with Gasteiger partial charge in [-0.2, -0.15) is 0 Å². The molecule has 1 saturated heterocycles. The average molecular weight is 387 g/mol. The summed E-state index contributed by atoms with van der Waals surface area (Å²) in [6.07, 6.45) is 0. The third-order valence-electron chi connectivity index (χ3n) is 3.21. The third-order valence-corrected chi connectivity index (χ3v) is 5.43. The summed E-state index contributed by atoms with van der Waals surface area (Å²) in [5.41, 5.74) is 1.53. The van der Waals surface area contributed by atoms with Gasteiger partial charge in [0.1, 0.15) is 11.2 Å². The molecule has 1 amide bonds. The van der Waals surface area contributed by atoms with Crippen LogP contribution in [0.25, 0.3) is 0 Å². The lowest BCUT2D eigenvalue weighted by Crippen LogP contribution is -2.28. The molecule has 0 N–H and O–H groups in total. The first-order valence-electron chi connectivity index (χ1n) is 6.21. The van der Waals surface area contributed by atoms with Gasteiger partial charge in [0.15, 0.2) is 0 Å². The van der Waals surface area contributed by atoms with E-state index in [4.69, 9.17) is 11.6 Å². The van der Waals surface area contributed by atoms with Gasteiger partial charge in [0, 0.05) is 4.47 Å². The molecule has 1 aliphatic heterocycles. The van der Waals surface area contributed by atoms with E-state index < -0.39 is 5.82 Å². The lowest BCUT2D eigenvalue weighted by molar-refractivity contribution is -0.115. The number of hydrogen-bond acceptors (Lipinski definition) is 2. The minimum atomic E-state index is -0.416. The number of carbonyl (C=O) groups is 1. The molecule has 1 fully saturated rings. The van der Waals surface area contributed by atoms with E-state index in [0.717, 1.165) is 10.0 Å². The van der Waals surface area contributed by atoms with Crippen molar-refractivity contribution in [2.75, 3.05) is 10.7 Å². The molecule has 0 radical (unpaired) electrons. The predicted molar refractivity (Wildman–Crippen MR) is 88.2 cm³/mol. The number of nitrogens with zero attached hydrogens (tertiary/aromatic N) is 1. The zero-order valence-corrected chi connectivity index (χ0v) is 13.9. The van der Waals surface area contributed by atoms with Gasteiger partial charge < -0.3 is 0 Å². The summed E-state index contributed by atoms with van der Waals surface area (Å²) in [6, 6.07) is 11.8. The lowest BCUT2D eigenvalue weighted by Gasteiger charge is -2.26. The van der Waals surface area contributed by atoms with E-state index >= 15 is 0 Å². The first-order chi connectivity index (χ1) is 10.1. The molecule has 1 atom stereocenters. The van der Waals surface area contributed by atoms with Crippen LogP contribution >= 0.6 is 39.3 Å². The highest BCUT2D eigenvalue weighted by molar-refractivity contribution is 9.10. The first kappa shape index (κ1) is 14.9. The molecule has 0 aliphatic carbocycles. The van der Waals surface area contributed by atoms with Crippen molar-refractivity contribution in [3.05, 3.63) is 63.3 Å². The van der Waals surface area contributed by atoms with Gasteiger partial charge in [0.05, 0.1) is 16.5 Å². The Labute approximate surface area is 139 Å². The summed E-state index contributed by atoms with van der Waals surface area (Å²) in [5, 5.41) is 0.0685. The molecule has 1 heterocycles. The Morgan fingerprint density at radius 2 is 2.05 bits per heavy atom. The van der Waals surface area contributed by atoms with Crippen molar-refractivity contribution in [1.82, 2.24) is 0 Å².